The summed E-state index contributed by atoms with van der Waals surface area (Å²) in [6.45, 7) is 11.3. The summed E-state index contributed by atoms with van der Waals surface area (Å²) in [5.74, 6) is 0.624. The van der Waals surface area contributed by atoms with E-state index < -0.39 is 0 Å². The first-order chi connectivity index (χ1) is 7.54. The number of hydrogen-bond acceptors (Lipinski definition) is 3. The zero-order valence-electron chi connectivity index (χ0n) is 11.2. The summed E-state index contributed by atoms with van der Waals surface area (Å²) in [6.07, 6.45) is 5.14. The molecule has 0 fully saturated rings. The van der Waals surface area contributed by atoms with Crippen molar-refractivity contribution in [2.45, 2.75) is 40.0 Å². The molecule has 0 bridgehead atoms. The quantitative estimate of drug-likeness (QED) is 0.414. The number of carbonyl (C=O) groups excluding carboxylic acids is 1. The largest absolute Gasteiger partial charge is 0.468 e. The van der Waals surface area contributed by atoms with Crippen molar-refractivity contribution in [2.24, 2.45) is 5.92 Å². The van der Waals surface area contributed by atoms with Gasteiger partial charge in [0.05, 0.1) is 13.7 Å². The van der Waals surface area contributed by atoms with E-state index in [0.29, 0.717) is 6.54 Å². The van der Waals surface area contributed by atoms with Crippen LogP contribution in [-0.4, -0.2) is 26.2 Å². The average Bonchev–Trinajstić information content (AvgIpc) is 2.22. The monoisotopic (exact) mass is 229 g/mol. The summed E-state index contributed by atoms with van der Waals surface area (Å²) in [5, 5.41) is 2.99. The fourth-order valence-electron chi connectivity index (χ4n) is 0.801. The van der Waals surface area contributed by atoms with Crippen molar-refractivity contribution in [3.8, 4) is 0 Å². The fraction of sp³-hybridized carbons (Fsp3) is 0.769. The van der Waals surface area contributed by atoms with Crippen LogP contribution in [0.5, 0.6) is 0 Å². The fourth-order valence-corrected chi connectivity index (χ4v) is 0.801. The van der Waals surface area contributed by atoms with Crippen LogP contribution in [0, 0.1) is 5.92 Å². The summed E-state index contributed by atoms with van der Waals surface area (Å²) in [4.78, 5) is 10.6. The number of nitrogens with one attached hydrogen (secondary N) is 1. The van der Waals surface area contributed by atoms with E-state index in [1.165, 1.54) is 7.11 Å². The van der Waals surface area contributed by atoms with Gasteiger partial charge in [-0.25, -0.2) is 0 Å². The first-order valence-corrected chi connectivity index (χ1v) is 5.93. The van der Waals surface area contributed by atoms with Crippen LogP contribution in [0.1, 0.15) is 40.0 Å². The lowest BCUT2D eigenvalue weighted by molar-refractivity contribution is -0.139. The van der Waals surface area contributed by atoms with Gasteiger partial charge in [-0.1, -0.05) is 26.8 Å². The third-order valence-corrected chi connectivity index (χ3v) is 1.51. The van der Waals surface area contributed by atoms with Crippen LogP contribution in [0.2, 0.25) is 0 Å². The lowest BCUT2D eigenvalue weighted by atomic mass is 10.2. The van der Waals surface area contributed by atoms with Crippen LogP contribution >= 0.6 is 0 Å². The van der Waals surface area contributed by atoms with E-state index in [0.717, 1.165) is 31.7 Å². The van der Waals surface area contributed by atoms with E-state index in [1.807, 2.05) is 6.08 Å². The molecule has 0 aliphatic carbocycles. The maximum atomic E-state index is 10.6. The highest BCUT2D eigenvalue weighted by Crippen LogP contribution is 1.93. The molecule has 3 heteroatoms. The van der Waals surface area contributed by atoms with Crippen molar-refractivity contribution in [1.82, 2.24) is 5.32 Å². The number of hydrogen-bond donors (Lipinski definition) is 1. The molecule has 96 valence electrons. The Hall–Kier alpha value is -0.830. The van der Waals surface area contributed by atoms with E-state index in [9.17, 15) is 4.79 Å². The predicted octanol–water partition coefficient (Wildman–Crippen LogP) is 2.77. The number of allylic oxidation sites excluding steroid dienone is 1. The minimum atomic E-state index is -0.210. The molecule has 0 rings (SSSR count). The first kappa shape index (κ1) is 17.6. The Morgan fingerprint density at radius 1 is 1.38 bits per heavy atom. The van der Waals surface area contributed by atoms with Crippen molar-refractivity contribution >= 4 is 5.97 Å². The van der Waals surface area contributed by atoms with Gasteiger partial charge < -0.3 is 10.1 Å². The third kappa shape index (κ3) is 23.2. The van der Waals surface area contributed by atoms with Crippen LogP contribution in [0.25, 0.3) is 0 Å². The van der Waals surface area contributed by atoms with Crippen molar-refractivity contribution < 1.29 is 9.53 Å². The topological polar surface area (TPSA) is 38.3 Å². The Bertz CT molecular complexity index is 165. The molecule has 0 amide bonds. The lowest BCUT2D eigenvalue weighted by Gasteiger charge is -2.01. The minimum Gasteiger partial charge on any atom is -0.468 e. The Morgan fingerprint density at radius 2 is 1.94 bits per heavy atom. The molecule has 0 aromatic carbocycles. The van der Waals surface area contributed by atoms with Crippen molar-refractivity contribution in [2.75, 3.05) is 20.2 Å². The SMILES string of the molecule is C=CCCCCNCC(=O)OC.CC(C)C. The van der Waals surface area contributed by atoms with Crippen molar-refractivity contribution in [1.29, 1.82) is 0 Å². The van der Waals surface area contributed by atoms with Gasteiger partial charge in [0, 0.05) is 0 Å². The van der Waals surface area contributed by atoms with Gasteiger partial charge in [0.15, 0.2) is 0 Å². The van der Waals surface area contributed by atoms with Crippen molar-refractivity contribution in [3.05, 3.63) is 12.7 Å². The van der Waals surface area contributed by atoms with Crippen LogP contribution in [0.15, 0.2) is 12.7 Å². The van der Waals surface area contributed by atoms with E-state index in [1.54, 1.807) is 0 Å². The molecule has 3 nitrogen and oxygen atoms in total. The highest BCUT2D eigenvalue weighted by molar-refractivity contribution is 5.71. The normalized spacial score (nSPS) is 9.31. The molecule has 0 radical (unpaired) electrons. The van der Waals surface area contributed by atoms with Gasteiger partial charge >= 0.3 is 5.97 Å². The average molecular weight is 229 g/mol. The number of ether oxygens (including phenoxy) is 1. The Labute approximate surface area is 100 Å². The highest BCUT2D eigenvalue weighted by atomic mass is 16.5. The molecular weight excluding hydrogens is 202 g/mol. The molecule has 0 heterocycles. The molecule has 16 heavy (non-hydrogen) atoms. The van der Waals surface area contributed by atoms with Crippen LogP contribution in [-0.2, 0) is 9.53 Å². The smallest absolute Gasteiger partial charge is 0.319 e. The summed E-state index contributed by atoms with van der Waals surface area (Å²) in [5.41, 5.74) is 0. The van der Waals surface area contributed by atoms with Crippen LogP contribution < -0.4 is 5.32 Å². The molecule has 0 unspecified atom stereocenters. The standard InChI is InChI=1S/C9H17NO2.C4H10/c1-3-4-5-6-7-10-8-9(11)12-2;1-4(2)3/h3,10H,1,4-8H2,2H3;4H,1-3H3. The van der Waals surface area contributed by atoms with Gasteiger partial charge in [-0.2, -0.15) is 0 Å². The summed E-state index contributed by atoms with van der Waals surface area (Å²) >= 11 is 0. The molecular formula is C13H27NO2. The number of rotatable bonds is 7. The Kier molecular flexibility index (Phi) is 15.6. The van der Waals surface area contributed by atoms with Crippen LogP contribution in [0.3, 0.4) is 0 Å². The molecule has 0 aromatic rings. The summed E-state index contributed by atoms with van der Waals surface area (Å²) in [6, 6.07) is 0. The number of carbonyl (C=O) groups is 1. The molecule has 0 aromatic heterocycles. The molecule has 0 atom stereocenters. The number of esters is 1. The highest BCUT2D eigenvalue weighted by Gasteiger charge is 1.96. The van der Waals surface area contributed by atoms with Gasteiger partial charge in [0.2, 0.25) is 0 Å². The maximum Gasteiger partial charge on any atom is 0.319 e. The predicted molar refractivity (Wildman–Crippen MR) is 69.4 cm³/mol. The second kappa shape index (κ2) is 14.2. The van der Waals surface area contributed by atoms with Crippen LogP contribution in [0.4, 0.5) is 0 Å². The van der Waals surface area contributed by atoms with E-state index >= 15 is 0 Å². The molecule has 0 saturated heterocycles. The third-order valence-electron chi connectivity index (χ3n) is 1.51. The molecule has 0 spiro atoms. The molecule has 0 aliphatic rings. The number of unbranched alkanes of at least 4 members (excludes halogenated alkanes) is 2. The lowest BCUT2D eigenvalue weighted by Crippen LogP contribution is -2.24. The zero-order chi connectivity index (χ0) is 12.8. The Morgan fingerprint density at radius 3 is 2.38 bits per heavy atom. The van der Waals surface area contributed by atoms with E-state index in [-0.39, 0.29) is 5.97 Å². The van der Waals surface area contributed by atoms with E-state index in [2.05, 4.69) is 37.4 Å². The second-order valence-electron chi connectivity index (χ2n) is 4.27. The van der Waals surface area contributed by atoms with Gasteiger partial charge in [-0.3, -0.25) is 4.79 Å². The zero-order valence-corrected chi connectivity index (χ0v) is 11.2. The molecule has 1 N–H and O–H groups in total. The maximum absolute atomic E-state index is 10.6. The van der Waals surface area contributed by atoms with E-state index in [4.69, 9.17) is 0 Å². The summed E-state index contributed by atoms with van der Waals surface area (Å²) in [7, 11) is 1.39. The van der Waals surface area contributed by atoms with Gasteiger partial charge in [0.25, 0.3) is 0 Å². The summed E-state index contributed by atoms with van der Waals surface area (Å²) < 4.78 is 4.46. The molecule has 0 aliphatic heterocycles. The van der Waals surface area contributed by atoms with Gasteiger partial charge in [-0.15, -0.1) is 6.58 Å². The first-order valence-electron chi connectivity index (χ1n) is 5.93. The minimum absolute atomic E-state index is 0.210. The van der Waals surface area contributed by atoms with Crippen molar-refractivity contribution in [3.63, 3.8) is 0 Å². The Balaban J connectivity index is 0. The van der Waals surface area contributed by atoms with Gasteiger partial charge in [0.1, 0.15) is 0 Å². The molecule has 0 saturated carbocycles. The van der Waals surface area contributed by atoms with Gasteiger partial charge in [-0.05, 0) is 31.7 Å². The second-order valence-corrected chi connectivity index (χ2v) is 4.27. The number of methoxy groups -OCH3 is 1.